The third-order valence-corrected chi connectivity index (χ3v) is 3.74. The minimum atomic E-state index is -0.723. The van der Waals surface area contributed by atoms with Gasteiger partial charge in [0.2, 0.25) is 0 Å². The molecule has 1 amide bonds. The molecule has 0 aromatic carbocycles. The van der Waals surface area contributed by atoms with Crippen LogP contribution in [-0.4, -0.2) is 72.7 Å². The van der Waals surface area contributed by atoms with Crippen molar-refractivity contribution in [1.29, 1.82) is 0 Å². The number of β-lactam (4-membered cyclic amide) rings is 1. The summed E-state index contributed by atoms with van der Waals surface area (Å²) in [5.41, 5.74) is 4.84. The highest BCUT2D eigenvalue weighted by Gasteiger charge is 2.56. The Morgan fingerprint density at radius 2 is 2.08 bits per heavy atom. The Hall–Kier alpha value is -1.22. The van der Waals surface area contributed by atoms with Crippen LogP contribution in [0, 0.1) is 0 Å². The van der Waals surface area contributed by atoms with Crippen LogP contribution in [0.1, 0.15) is 34.6 Å². The number of ether oxygens (including phenoxy) is 4. The fourth-order valence-corrected chi connectivity index (χ4v) is 2.88. The van der Waals surface area contributed by atoms with E-state index in [1.54, 1.807) is 34.6 Å². The third-order valence-electron chi connectivity index (χ3n) is 3.74. The second-order valence-electron chi connectivity index (χ2n) is 7.49. The van der Waals surface area contributed by atoms with Crippen molar-refractivity contribution in [1.82, 2.24) is 4.90 Å². The lowest BCUT2D eigenvalue weighted by molar-refractivity contribution is -0.200. The van der Waals surface area contributed by atoms with Gasteiger partial charge in [-0.2, -0.15) is 0 Å². The summed E-state index contributed by atoms with van der Waals surface area (Å²) in [4.78, 5) is 25.9. The fraction of sp³-hybridized carbons (Fsp3) is 0.875. The molecule has 24 heavy (non-hydrogen) atoms. The van der Waals surface area contributed by atoms with Crippen LogP contribution in [0.2, 0.25) is 0 Å². The Bertz CT molecular complexity index is 487. The van der Waals surface area contributed by atoms with Crippen LogP contribution < -0.4 is 5.73 Å². The third kappa shape index (κ3) is 4.44. The van der Waals surface area contributed by atoms with E-state index in [0.29, 0.717) is 13.2 Å². The minimum Gasteiger partial charge on any atom is -0.459 e. The van der Waals surface area contributed by atoms with Crippen molar-refractivity contribution in [2.75, 3.05) is 26.3 Å². The van der Waals surface area contributed by atoms with Gasteiger partial charge in [0.05, 0.1) is 19.3 Å². The van der Waals surface area contributed by atoms with Crippen molar-refractivity contribution in [2.45, 2.75) is 64.3 Å². The van der Waals surface area contributed by atoms with Crippen molar-refractivity contribution in [3.05, 3.63) is 0 Å². The van der Waals surface area contributed by atoms with Gasteiger partial charge in [-0.25, -0.2) is 0 Å². The molecule has 0 aromatic heterocycles. The van der Waals surface area contributed by atoms with Gasteiger partial charge in [-0.3, -0.25) is 9.59 Å². The summed E-state index contributed by atoms with van der Waals surface area (Å²) < 4.78 is 22.3. The smallest absolute Gasteiger partial charge is 0.326 e. The maximum atomic E-state index is 12.4. The molecule has 2 heterocycles. The van der Waals surface area contributed by atoms with Crippen LogP contribution in [0.4, 0.5) is 0 Å². The average Bonchev–Trinajstić information content (AvgIpc) is 2.78. The molecule has 2 rings (SSSR count). The lowest BCUT2D eigenvalue weighted by Crippen LogP contribution is -2.71. The predicted molar refractivity (Wildman–Crippen MR) is 85.0 cm³/mol. The van der Waals surface area contributed by atoms with Gasteiger partial charge in [-0.05, 0) is 34.6 Å². The first kappa shape index (κ1) is 19.1. The summed E-state index contributed by atoms with van der Waals surface area (Å²) in [5, 5.41) is 0. The molecule has 0 bridgehead atoms. The highest BCUT2D eigenvalue weighted by Crippen LogP contribution is 2.34. The number of esters is 1. The van der Waals surface area contributed by atoms with E-state index >= 15 is 0 Å². The zero-order valence-corrected chi connectivity index (χ0v) is 15.0. The quantitative estimate of drug-likeness (QED) is 0.536. The van der Waals surface area contributed by atoms with Crippen molar-refractivity contribution in [3.8, 4) is 0 Å². The molecule has 2 N–H and O–H groups in total. The summed E-state index contributed by atoms with van der Waals surface area (Å²) in [6.45, 7) is 9.74. The van der Waals surface area contributed by atoms with Gasteiger partial charge in [-0.1, -0.05) is 0 Å². The lowest BCUT2D eigenvalue weighted by Gasteiger charge is -2.48. The van der Waals surface area contributed by atoms with Gasteiger partial charge >= 0.3 is 5.97 Å². The molecule has 0 aromatic rings. The normalized spacial score (nSPS) is 29.5. The SMILES string of the molecule is CC(C)(C)OC(=O)CN1C(=O)[C@@H](OCCN)[C@H]1[C@@H]1COC(C)(C)O1. The predicted octanol–water partition coefficient (Wildman–Crippen LogP) is 0.0343. The first-order valence-electron chi connectivity index (χ1n) is 8.20. The zero-order chi connectivity index (χ0) is 18.1. The summed E-state index contributed by atoms with van der Waals surface area (Å²) in [5.74, 6) is -1.44. The number of nitrogens with two attached hydrogens (primary N) is 1. The van der Waals surface area contributed by atoms with Gasteiger partial charge in [0.1, 0.15) is 18.2 Å². The molecule has 2 aliphatic heterocycles. The van der Waals surface area contributed by atoms with E-state index in [4.69, 9.17) is 24.7 Å². The largest absolute Gasteiger partial charge is 0.459 e. The maximum absolute atomic E-state index is 12.4. The lowest BCUT2D eigenvalue weighted by atomic mass is 9.92. The molecule has 2 saturated heterocycles. The zero-order valence-electron chi connectivity index (χ0n) is 15.0. The molecule has 0 radical (unpaired) electrons. The summed E-state index contributed by atoms with van der Waals surface area (Å²) in [6, 6.07) is -0.390. The molecule has 8 nitrogen and oxygen atoms in total. The van der Waals surface area contributed by atoms with Crippen LogP contribution in [0.15, 0.2) is 0 Å². The van der Waals surface area contributed by atoms with E-state index in [0.717, 1.165) is 0 Å². The highest BCUT2D eigenvalue weighted by molar-refractivity contribution is 5.91. The topological polar surface area (TPSA) is 100 Å². The van der Waals surface area contributed by atoms with Gasteiger partial charge in [0.15, 0.2) is 11.9 Å². The Kier molecular flexibility index (Phi) is 5.54. The summed E-state index contributed by atoms with van der Waals surface area (Å²) in [7, 11) is 0. The van der Waals surface area contributed by atoms with Crippen LogP contribution >= 0.6 is 0 Å². The van der Waals surface area contributed by atoms with Gasteiger partial charge in [-0.15, -0.1) is 0 Å². The van der Waals surface area contributed by atoms with Crippen LogP contribution in [0.5, 0.6) is 0 Å². The number of hydrogen-bond acceptors (Lipinski definition) is 7. The first-order valence-corrected chi connectivity index (χ1v) is 8.20. The number of amides is 1. The van der Waals surface area contributed by atoms with Gasteiger partial charge < -0.3 is 29.6 Å². The van der Waals surface area contributed by atoms with Crippen LogP contribution in [0.3, 0.4) is 0 Å². The Morgan fingerprint density at radius 3 is 2.58 bits per heavy atom. The molecule has 0 saturated carbocycles. The number of carbonyl (C=O) groups excluding carboxylic acids is 2. The molecule has 0 unspecified atom stereocenters. The Labute approximate surface area is 142 Å². The van der Waals surface area contributed by atoms with Crippen molar-refractivity contribution in [3.63, 3.8) is 0 Å². The number of carbonyl (C=O) groups is 2. The van der Waals surface area contributed by atoms with E-state index in [1.165, 1.54) is 4.90 Å². The standard InChI is InChI=1S/C16H28N2O6/c1-15(2,3)24-11(19)8-18-12(10-9-22-16(4,5)23-10)13(14(18)20)21-7-6-17/h10,12-13H,6-9,17H2,1-5H3/t10-,12+,13-/m0/s1. The minimum absolute atomic E-state index is 0.135. The van der Waals surface area contributed by atoms with Crippen LogP contribution in [-0.2, 0) is 28.5 Å². The van der Waals surface area contributed by atoms with E-state index in [2.05, 4.69) is 0 Å². The van der Waals surface area contributed by atoms with Gasteiger partial charge in [0.25, 0.3) is 5.91 Å². The summed E-state index contributed by atoms with van der Waals surface area (Å²) in [6.07, 6.45) is -1.03. The van der Waals surface area contributed by atoms with Crippen molar-refractivity contribution < 1.29 is 28.5 Å². The number of hydrogen-bond donors (Lipinski definition) is 1. The Balaban J connectivity index is 2.05. The molecular formula is C16H28N2O6. The van der Waals surface area contributed by atoms with E-state index in [9.17, 15) is 9.59 Å². The second-order valence-corrected chi connectivity index (χ2v) is 7.49. The number of likely N-dealkylation sites (tertiary alicyclic amines) is 1. The average molecular weight is 344 g/mol. The fourth-order valence-electron chi connectivity index (χ4n) is 2.88. The van der Waals surface area contributed by atoms with Crippen molar-refractivity contribution in [2.24, 2.45) is 5.73 Å². The molecule has 0 spiro atoms. The van der Waals surface area contributed by atoms with Crippen molar-refractivity contribution >= 4 is 11.9 Å². The molecule has 3 atom stereocenters. The number of nitrogens with zero attached hydrogens (tertiary/aromatic N) is 1. The molecule has 2 fully saturated rings. The van der Waals surface area contributed by atoms with E-state index < -0.39 is 29.5 Å². The van der Waals surface area contributed by atoms with E-state index in [1.807, 2.05) is 0 Å². The first-order chi connectivity index (χ1) is 11.0. The molecule has 8 heteroatoms. The maximum Gasteiger partial charge on any atom is 0.326 e. The second kappa shape index (κ2) is 6.95. The van der Waals surface area contributed by atoms with Gasteiger partial charge in [0, 0.05) is 6.54 Å². The Morgan fingerprint density at radius 1 is 1.42 bits per heavy atom. The summed E-state index contributed by atoms with van der Waals surface area (Å²) >= 11 is 0. The van der Waals surface area contributed by atoms with E-state index in [-0.39, 0.29) is 25.2 Å². The molecule has 0 aliphatic carbocycles. The number of rotatable bonds is 6. The molecular weight excluding hydrogens is 316 g/mol. The highest BCUT2D eigenvalue weighted by atomic mass is 16.7. The molecule has 2 aliphatic rings. The van der Waals surface area contributed by atoms with Crippen LogP contribution in [0.25, 0.3) is 0 Å². The molecule has 138 valence electrons. The monoisotopic (exact) mass is 344 g/mol.